The molecule has 0 aliphatic carbocycles. The maximum Gasteiger partial charge on any atom is 0 e. The minimum Gasteiger partial charge on any atom is -0.0925 e. The summed E-state index contributed by atoms with van der Waals surface area (Å²) in [5.41, 5.74) is 0. The molecule has 0 aliphatic rings. The Morgan fingerprint density at radius 2 is 0.0769 bits per heavy atom. The fraction of sp³-hybridized carbons (Fsp3) is 0.0192. The first-order valence-electron chi connectivity index (χ1n) is 26.2. The van der Waals surface area contributed by atoms with Crippen molar-refractivity contribution in [1.82, 2.24) is 0 Å². The average molecular weight is 1260 g/mol. The lowest BCUT2D eigenvalue weighted by molar-refractivity contribution is 1.92. The van der Waals surface area contributed by atoms with Gasteiger partial charge >= 0.3 is 0 Å². The molecule has 0 unspecified atom stereocenters. The van der Waals surface area contributed by atoms with Crippen molar-refractivity contribution in [2.24, 2.45) is 0 Å². The minimum atomic E-state index is 1.68. The third-order valence-electron chi connectivity index (χ3n) is 6.44. The van der Waals surface area contributed by atoms with E-state index in [1.54, 1.807) is 13.8 Å². The molecule has 0 N–H and O–H groups in total. The van der Waals surface area contributed by atoms with Crippen LogP contribution in [0.25, 0.3) is 0 Å². The Balaban J connectivity index is 4.64. The van der Waals surface area contributed by atoms with Crippen molar-refractivity contribution < 1.29 is 0 Å². The second-order valence-electron chi connectivity index (χ2n) is 13.0. The first kappa shape index (κ1) is 81.6. The summed E-state index contributed by atoms with van der Waals surface area (Å²) in [6.45, 7) is 3.36. The van der Waals surface area contributed by atoms with E-state index in [1.807, 2.05) is 0 Å². The normalized spacial score (nSPS) is 3.98. The summed E-state index contributed by atoms with van der Waals surface area (Å²) in [5, 5.41) is 0. The zero-order chi connectivity index (χ0) is 74.1. The third kappa shape index (κ3) is 79.6. The van der Waals surface area contributed by atoms with Crippen LogP contribution in [0.1, 0.15) is 13.8 Å². The molecule has 0 aromatic carbocycles. The maximum atomic E-state index is 2.63. The average Bonchev–Trinajstić information content (AvgIpc) is 3.68. The number of rotatable bonds is 0. The molecule has 0 saturated carbocycles. The fourth-order valence-corrected chi connectivity index (χ4v) is 3.19. The first-order valence-corrected chi connectivity index (χ1v) is 26.2. The molecule has 0 aromatic rings. The highest BCUT2D eigenvalue weighted by molar-refractivity contribution is 5.56. The second-order valence-corrected chi connectivity index (χ2v) is 13.0. The molecular weight excluding hydrogens is 1250 g/mol. The number of hydrogen-bond acceptors (Lipinski definition) is 0. The maximum absolute atomic E-state index is 2.63. The van der Waals surface area contributed by atoms with Gasteiger partial charge in [0, 0.05) is 497 Å². The van der Waals surface area contributed by atoms with Crippen molar-refractivity contribution in [3.05, 3.63) is 0 Å². The van der Waals surface area contributed by atoms with Gasteiger partial charge in [-0.2, -0.15) is 0 Å². The Labute approximate surface area is 613 Å². The monoisotopic (exact) mass is 1250 g/mol. The van der Waals surface area contributed by atoms with Crippen LogP contribution in [0.4, 0.5) is 0 Å². The predicted octanol–water partition coefficient (Wildman–Crippen LogP) is 1.20. The molecule has 0 saturated heterocycles. The predicted molar refractivity (Wildman–Crippen MR) is 408 cm³/mol. The molecule has 0 aliphatic heterocycles. The summed E-state index contributed by atoms with van der Waals surface area (Å²) in [6, 6.07) is 0. The van der Waals surface area contributed by atoms with Gasteiger partial charge in [-0.1, -0.05) is 11.8 Å². The van der Waals surface area contributed by atoms with E-state index in [2.05, 4.69) is 604 Å². The standard InChI is InChI=1S/C104H6/c1-3-5-7-9-11-13-15-17-19-21-23-25-27-29-31-33-35-37-39-41-43-45-47-49-51-53-55-57-59-61-63-65-67-69-71-73-75-77-79-81-83-85-87-89-91-93-95-97-99-101-103-104-102-100-98-96-94-92-90-88-86-84-82-80-78-76-74-72-70-68-66-64-62-60-58-56-54-52-50-48-46-44-42-40-38-36-34-32-30-28-26-24-22-20-18-16-14-12-10-8-6-4-2/h1-2H3. The van der Waals surface area contributed by atoms with E-state index in [-0.39, 0.29) is 0 Å². The van der Waals surface area contributed by atoms with Crippen molar-refractivity contribution in [3.63, 3.8) is 0 Å². The lowest BCUT2D eigenvalue weighted by atomic mass is 10.4. The molecule has 0 heteroatoms. The van der Waals surface area contributed by atoms with E-state index in [0.29, 0.717) is 0 Å². The SMILES string of the molecule is CC#CC#CC#CC#CC#CC#CC#CC#CC#CC#CC#CC#CC#CC#CC#CC#CC#CC#CC#CC#CC#CC#CC#CC#CC#CC#CC#CC#CC#CC#CC#CC#CC#CC#CC#CC#CC#CC#CC#CC#CC#CC#CC#CC#CC#CC#CC#CC#CC#CC#CC#CC. The van der Waals surface area contributed by atoms with Gasteiger partial charge < -0.3 is 0 Å². The van der Waals surface area contributed by atoms with Gasteiger partial charge in [0.05, 0.1) is 0 Å². The summed E-state index contributed by atoms with van der Waals surface area (Å²) in [5.74, 6) is 256. The van der Waals surface area contributed by atoms with E-state index in [4.69, 9.17) is 0 Å². The van der Waals surface area contributed by atoms with E-state index in [0.717, 1.165) is 0 Å². The first-order chi connectivity index (χ1) is 51.9. The third-order valence-corrected chi connectivity index (χ3v) is 6.44. The lowest BCUT2D eigenvalue weighted by Crippen LogP contribution is -1.57. The van der Waals surface area contributed by atoms with Gasteiger partial charge in [0.15, 0.2) is 0 Å². The van der Waals surface area contributed by atoms with Crippen molar-refractivity contribution >= 4 is 0 Å². The molecule has 422 valence electrons. The van der Waals surface area contributed by atoms with Gasteiger partial charge in [0.1, 0.15) is 0 Å². The smallest absolute Gasteiger partial charge is 0 e. The Hall–Kier alpha value is -22.4. The molecule has 0 heterocycles. The minimum absolute atomic E-state index is 1.68. The van der Waals surface area contributed by atoms with Crippen LogP contribution in [-0.2, 0) is 0 Å². The largest absolute Gasteiger partial charge is 0.0925 e. The lowest BCUT2D eigenvalue weighted by Gasteiger charge is -1.58. The Kier molecular flexibility index (Phi) is 63.2. The van der Waals surface area contributed by atoms with E-state index in [9.17, 15) is 0 Å². The van der Waals surface area contributed by atoms with Crippen LogP contribution in [0.15, 0.2) is 0 Å². The topological polar surface area (TPSA) is 0 Å². The second kappa shape index (κ2) is 80.6. The quantitative estimate of drug-likeness (QED) is 0.321. The molecular formula is C104H6. The molecule has 0 radical (unpaired) electrons. The fourth-order valence-electron chi connectivity index (χ4n) is 3.19. The van der Waals surface area contributed by atoms with E-state index < -0.39 is 0 Å². The molecule has 0 atom stereocenters. The zero-order valence-electron chi connectivity index (χ0n) is 53.0. The van der Waals surface area contributed by atoms with Gasteiger partial charge in [-0.05, 0) is 109 Å². The van der Waals surface area contributed by atoms with Crippen LogP contribution in [0.5, 0.6) is 0 Å². The van der Waals surface area contributed by atoms with Crippen LogP contribution in [0.2, 0.25) is 0 Å². The van der Waals surface area contributed by atoms with Crippen molar-refractivity contribution in [3.8, 4) is 604 Å². The van der Waals surface area contributed by atoms with Gasteiger partial charge in [-0.3, -0.25) is 0 Å². The van der Waals surface area contributed by atoms with Crippen molar-refractivity contribution in [2.75, 3.05) is 0 Å². The molecule has 0 fully saturated rings. The van der Waals surface area contributed by atoms with Crippen LogP contribution >= 0.6 is 0 Å². The highest BCUT2D eigenvalue weighted by atomic mass is 13.7. The Morgan fingerprint density at radius 1 is 0.0481 bits per heavy atom. The summed E-state index contributed by atoms with van der Waals surface area (Å²) < 4.78 is 0. The molecule has 0 bridgehead atoms. The van der Waals surface area contributed by atoms with E-state index in [1.165, 1.54) is 0 Å². The van der Waals surface area contributed by atoms with Gasteiger partial charge in [0.2, 0.25) is 0 Å². The highest BCUT2D eigenvalue weighted by Gasteiger charge is 1.67. The van der Waals surface area contributed by atoms with Crippen LogP contribution in [-0.4, -0.2) is 0 Å². The van der Waals surface area contributed by atoms with Crippen LogP contribution in [0, 0.1) is 604 Å². The molecule has 104 heavy (non-hydrogen) atoms. The summed E-state index contributed by atoms with van der Waals surface area (Å²) in [7, 11) is 0. The van der Waals surface area contributed by atoms with Crippen molar-refractivity contribution in [1.29, 1.82) is 0 Å². The number of hydrogen-bond donors (Lipinski definition) is 0. The molecule has 0 aromatic heterocycles. The van der Waals surface area contributed by atoms with E-state index >= 15 is 0 Å². The Bertz CT molecular complexity index is 6910. The zero-order valence-corrected chi connectivity index (χ0v) is 53.0. The highest BCUT2D eigenvalue weighted by Crippen LogP contribution is 1.68. The molecule has 0 spiro atoms. The van der Waals surface area contributed by atoms with Crippen LogP contribution in [0.3, 0.4) is 0 Å². The van der Waals surface area contributed by atoms with Crippen LogP contribution < -0.4 is 0 Å². The molecule has 0 amide bonds. The summed E-state index contributed by atoms with van der Waals surface area (Å²) in [6.07, 6.45) is 0. The van der Waals surface area contributed by atoms with Gasteiger partial charge in [-0.15, -0.1) is 0 Å². The Morgan fingerprint density at radius 3 is 0.106 bits per heavy atom. The van der Waals surface area contributed by atoms with Crippen molar-refractivity contribution in [2.45, 2.75) is 13.8 Å². The summed E-state index contributed by atoms with van der Waals surface area (Å²) in [4.78, 5) is 0. The molecule has 0 nitrogen and oxygen atoms in total. The van der Waals surface area contributed by atoms with Gasteiger partial charge in [0.25, 0.3) is 0 Å². The summed E-state index contributed by atoms with van der Waals surface area (Å²) >= 11 is 0. The van der Waals surface area contributed by atoms with Gasteiger partial charge in [-0.25, -0.2) is 0 Å². The molecule has 0 rings (SSSR count).